The van der Waals surface area contributed by atoms with E-state index in [1.807, 2.05) is 0 Å². The minimum atomic E-state index is -1.07. The molecule has 25 heavy (non-hydrogen) atoms. The number of anilines is 1. The fraction of sp³-hybridized carbons (Fsp3) is 0.188. The van der Waals surface area contributed by atoms with E-state index in [-0.39, 0.29) is 11.3 Å². The van der Waals surface area contributed by atoms with Gasteiger partial charge >= 0.3 is 5.97 Å². The van der Waals surface area contributed by atoms with Crippen molar-refractivity contribution in [2.45, 2.75) is 17.9 Å². The van der Waals surface area contributed by atoms with Crippen molar-refractivity contribution in [3.05, 3.63) is 47.1 Å². The first-order chi connectivity index (χ1) is 11.9. The van der Waals surface area contributed by atoms with Crippen LogP contribution >= 0.6 is 23.1 Å². The summed E-state index contributed by atoms with van der Waals surface area (Å²) in [5, 5.41) is 4.40. The molecule has 0 unspecified atom stereocenters. The van der Waals surface area contributed by atoms with Gasteiger partial charge in [0.15, 0.2) is 6.10 Å². The van der Waals surface area contributed by atoms with Gasteiger partial charge in [-0.25, -0.2) is 4.39 Å². The van der Waals surface area contributed by atoms with Crippen molar-refractivity contribution in [3.63, 3.8) is 0 Å². The van der Waals surface area contributed by atoms with Crippen molar-refractivity contribution in [1.82, 2.24) is 0 Å². The number of nitrogens with two attached hydrogens (primary N) is 1. The van der Waals surface area contributed by atoms with Gasteiger partial charge in [-0.2, -0.15) is 0 Å². The smallest absolute Gasteiger partial charge is 0.317 e. The number of primary amides is 1. The Balaban J connectivity index is 1.86. The number of esters is 1. The highest BCUT2D eigenvalue weighted by atomic mass is 32.2. The Morgan fingerprint density at radius 3 is 2.72 bits per heavy atom. The predicted octanol–water partition coefficient (Wildman–Crippen LogP) is 2.65. The molecule has 0 bridgehead atoms. The molecular weight excluding hydrogens is 367 g/mol. The lowest BCUT2D eigenvalue weighted by atomic mass is 10.3. The number of hydrogen-bond donors (Lipinski definition) is 2. The normalized spacial score (nSPS) is 11.6. The van der Waals surface area contributed by atoms with Crippen LogP contribution in [0.4, 0.5) is 9.39 Å². The van der Waals surface area contributed by atoms with Crippen LogP contribution in [0.2, 0.25) is 0 Å². The lowest BCUT2D eigenvalue weighted by Gasteiger charge is -2.13. The second-order valence-corrected chi connectivity index (χ2v) is 6.80. The molecule has 0 saturated heterocycles. The number of hydrogen-bond acceptors (Lipinski definition) is 6. The van der Waals surface area contributed by atoms with Crippen LogP contribution in [0, 0.1) is 5.82 Å². The number of nitrogens with one attached hydrogen (secondary N) is 1. The maximum absolute atomic E-state index is 13.5. The summed E-state index contributed by atoms with van der Waals surface area (Å²) < 4.78 is 18.5. The number of carbonyl (C=O) groups is 3. The van der Waals surface area contributed by atoms with Gasteiger partial charge in [0, 0.05) is 4.90 Å². The SMILES string of the molecule is C[C@H](OC(=O)CSc1ccccc1F)C(=O)Nc1sccc1C(N)=O. The second-order valence-electron chi connectivity index (χ2n) is 4.87. The standard InChI is InChI=1S/C16H15FN2O4S2/c1-9(15(22)19-16-10(14(18)21)6-7-24-16)23-13(20)8-25-12-5-3-2-4-11(12)17/h2-7,9H,8H2,1H3,(H2,18,21)(H,19,22)/t9-/m0/s1. The fourth-order valence-corrected chi connectivity index (χ4v) is 3.31. The first-order valence-electron chi connectivity index (χ1n) is 7.13. The predicted molar refractivity (Wildman–Crippen MR) is 94.1 cm³/mol. The van der Waals surface area contributed by atoms with E-state index in [0.29, 0.717) is 9.90 Å². The fourth-order valence-electron chi connectivity index (χ4n) is 1.80. The first kappa shape index (κ1) is 18.9. The molecule has 1 aromatic heterocycles. The monoisotopic (exact) mass is 382 g/mol. The molecular formula is C16H15FN2O4S2. The van der Waals surface area contributed by atoms with E-state index >= 15 is 0 Å². The largest absolute Gasteiger partial charge is 0.452 e. The van der Waals surface area contributed by atoms with Crippen LogP contribution < -0.4 is 11.1 Å². The number of carbonyl (C=O) groups excluding carboxylic acids is 3. The molecule has 1 atom stereocenters. The topological polar surface area (TPSA) is 98.5 Å². The molecule has 0 fully saturated rings. The zero-order chi connectivity index (χ0) is 18.4. The summed E-state index contributed by atoms with van der Waals surface area (Å²) in [7, 11) is 0. The summed E-state index contributed by atoms with van der Waals surface area (Å²) >= 11 is 2.11. The molecule has 1 aromatic carbocycles. The van der Waals surface area contributed by atoms with Crippen LogP contribution in [-0.4, -0.2) is 29.6 Å². The summed E-state index contributed by atoms with van der Waals surface area (Å²) in [6, 6.07) is 7.54. The minimum Gasteiger partial charge on any atom is -0.452 e. The molecule has 2 rings (SSSR count). The van der Waals surface area contributed by atoms with E-state index < -0.39 is 29.7 Å². The lowest BCUT2D eigenvalue weighted by molar-refractivity contribution is -0.150. The Hall–Kier alpha value is -2.39. The first-order valence-corrected chi connectivity index (χ1v) is 9.00. The van der Waals surface area contributed by atoms with E-state index in [9.17, 15) is 18.8 Å². The van der Waals surface area contributed by atoms with Crippen molar-refractivity contribution >= 4 is 45.9 Å². The van der Waals surface area contributed by atoms with Gasteiger partial charge in [-0.15, -0.1) is 23.1 Å². The minimum absolute atomic E-state index is 0.135. The van der Waals surface area contributed by atoms with E-state index in [2.05, 4.69) is 5.32 Å². The number of rotatable bonds is 7. The molecule has 0 aliphatic rings. The molecule has 0 radical (unpaired) electrons. The Labute approximate surface area is 151 Å². The maximum atomic E-state index is 13.5. The lowest BCUT2D eigenvalue weighted by Crippen LogP contribution is -2.31. The summed E-state index contributed by atoms with van der Waals surface area (Å²) in [5.74, 6) is -2.47. The van der Waals surface area contributed by atoms with Crippen LogP contribution in [-0.2, 0) is 14.3 Å². The average Bonchev–Trinajstić information content (AvgIpc) is 3.02. The van der Waals surface area contributed by atoms with E-state index in [4.69, 9.17) is 10.5 Å². The molecule has 132 valence electrons. The maximum Gasteiger partial charge on any atom is 0.317 e. The van der Waals surface area contributed by atoms with Gasteiger partial charge in [0.25, 0.3) is 11.8 Å². The van der Waals surface area contributed by atoms with Crippen molar-refractivity contribution in [2.75, 3.05) is 11.1 Å². The van der Waals surface area contributed by atoms with E-state index in [1.54, 1.807) is 23.6 Å². The second kappa shape index (κ2) is 8.63. The van der Waals surface area contributed by atoms with Gasteiger partial charge in [0.1, 0.15) is 10.8 Å². The highest BCUT2D eigenvalue weighted by Gasteiger charge is 2.21. The summed E-state index contributed by atoms with van der Waals surface area (Å²) in [6.07, 6.45) is -1.07. The molecule has 3 N–H and O–H groups in total. The molecule has 0 saturated carbocycles. The van der Waals surface area contributed by atoms with Crippen molar-refractivity contribution < 1.29 is 23.5 Å². The molecule has 6 nitrogen and oxygen atoms in total. The number of halogens is 1. The summed E-state index contributed by atoms with van der Waals surface area (Å²) in [6.45, 7) is 1.40. The average molecular weight is 382 g/mol. The van der Waals surface area contributed by atoms with Gasteiger partial charge < -0.3 is 15.8 Å². The molecule has 0 aliphatic carbocycles. The molecule has 0 spiro atoms. The molecule has 0 aliphatic heterocycles. The molecule has 1 heterocycles. The third-order valence-corrected chi connectivity index (χ3v) is 4.88. The summed E-state index contributed by atoms with van der Waals surface area (Å²) in [4.78, 5) is 35.4. The molecule has 2 aromatic rings. The van der Waals surface area contributed by atoms with E-state index in [1.165, 1.54) is 19.1 Å². The number of benzene rings is 1. The van der Waals surface area contributed by atoms with Gasteiger partial charge in [-0.05, 0) is 30.5 Å². The summed E-state index contributed by atoms with van der Waals surface area (Å²) in [5.41, 5.74) is 5.38. The van der Waals surface area contributed by atoms with Crippen molar-refractivity contribution in [3.8, 4) is 0 Å². The van der Waals surface area contributed by atoms with Gasteiger partial charge in [0.2, 0.25) is 0 Å². The molecule has 9 heteroatoms. The van der Waals surface area contributed by atoms with Crippen LogP contribution in [0.3, 0.4) is 0 Å². The third kappa shape index (κ3) is 5.30. The Morgan fingerprint density at radius 1 is 1.32 bits per heavy atom. The quantitative estimate of drug-likeness (QED) is 0.567. The van der Waals surface area contributed by atoms with Gasteiger partial charge in [0.05, 0.1) is 11.3 Å². The van der Waals surface area contributed by atoms with Crippen molar-refractivity contribution in [2.24, 2.45) is 5.73 Å². The highest BCUT2D eigenvalue weighted by molar-refractivity contribution is 8.00. The number of thioether (sulfide) groups is 1. The van der Waals surface area contributed by atoms with E-state index in [0.717, 1.165) is 23.1 Å². The van der Waals surface area contributed by atoms with Crippen LogP contribution in [0.15, 0.2) is 40.6 Å². The number of amides is 2. The third-order valence-electron chi connectivity index (χ3n) is 3.03. The van der Waals surface area contributed by atoms with Crippen LogP contribution in [0.5, 0.6) is 0 Å². The Morgan fingerprint density at radius 2 is 2.04 bits per heavy atom. The zero-order valence-corrected chi connectivity index (χ0v) is 14.8. The van der Waals surface area contributed by atoms with Crippen molar-refractivity contribution in [1.29, 1.82) is 0 Å². The molecule has 2 amide bonds. The Bertz CT molecular complexity index is 794. The zero-order valence-electron chi connectivity index (χ0n) is 13.2. The van der Waals surface area contributed by atoms with Crippen LogP contribution in [0.25, 0.3) is 0 Å². The van der Waals surface area contributed by atoms with Gasteiger partial charge in [-0.3, -0.25) is 14.4 Å². The Kier molecular flexibility index (Phi) is 6.54. The number of ether oxygens (including phenoxy) is 1. The highest BCUT2D eigenvalue weighted by Crippen LogP contribution is 2.23. The van der Waals surface area contributed by atoms with Gasteiger partial charge in [-0.1, -0.05) is 12.1 Å². The number of thiophene rings is 1. The van der Waals surface area contributed by atoms with Crippen LogP contribution in [0.1, 0.15) is 17.3 Å².